The molecule has 0 saturated heterocycles. The third kappa shape index (κ3) is 5.14. The van der Waals surface area contributed by atoms with Crippen molar-refractivity contribution in [2.45, 2.75) is 31.5 Å². The van der Waals surface area contributed by atoms with E-state index in [1.165, 1.54) is 11.8 Å². The highest BCUT2D eigenvalue weighted by Gasteiger charge is 2.18. The molecule has 1 aromatic carbocycles. The fourth-order valence-electron chi connectivity index (χ4n) is 1.79. The number of thioether (sulfide) groups is 1. The summed E-state index contributed by atoms with van der Waals surface area (Å²) in [4.78, 5) is 16.1. The van der Waals surface area contributed by atoms with Crippen LogP contribution in [-0.4, -0.2) is 39.6 Å². The van der Waals surface area contributed by atoms with E-state index >= 15 is 0 Å². The van der Waals surface area contributed by atoms with Crippen molar-refractivity contribution < 1.29 is 14.3 Å². The molecule has 0 spiro atoms. The number of aromatic amines is 1. The summed E-state index contributed by atoms with van der Waals surface area (Å²) in [6.45, 7) is 5.48. The van der Waals surface area contributed by atoms with E-state index in [1.54, 1.807) is 25.3 Å². The maximum atomic E-state index is 11.7. The number of esters is 1. The Morgan fingerprint density at radius 2 is 2.13 bits per heavy atom. The lowest BCUT2D eigenvalue weighted by molar-refractivity contribution is -0.151. The van der Waals surface area contributed by atoms with Crippen LogP contribution >= 0.6 is 23.4 Å². The van der Waals surface area contributed by atoms with Gasteiger partial charge in [-0.2, -0.15) is 0 Å². The predicted molar refractivity (Wildman–Crippen MR) is 89.9 cm³/mol. The third-order valence-corrected chi connectivity index (χ3v) is 3.68. The summed E-state index contributed by atoms with van der Waals surface area (Å²) >= 11 is 7.21. The highest BCUT2D eigenvalue weighted by Crippen LogP contribution is 2.31. The van der Waals surface area contributed by atoms with Crippen molar-refractivity contribution in [3.8, 4) is 17.1 Å². The van der Waals surface area contributed by atoms with E-state index in [-0.39, 0.29) is 11.7 Å². The van der Waals surface area contributed by atoms with Gasteiger partial charge in [0.05, 0.1) is 18.4 Å². The van der Waals surface area contributed by atoms with Crippen LogP contribution in [0.25, 0.3) is 11.4 Å². The number of ether oxygens (including phenoxy) is 2. The molecule has 124 valence electrons. The molecule has 0 aliphatic carbocycles. The molecule has 0 bridgehead atoms. The molecule has 23 heavy (non-hydrogen) atoms. The first-order valence-electron chi connectivity index (χ1n) is 6.89. The van der Waals surface area contributed by atoms with Crippen molar-refractivity contribution in [3.63, 3.8) is 0 Å². The van der Waals surface area contributed by atoms with E-state index in [2.05, 4.69) is 15.2 Å². The lowest BCUT2D eigenvalue weighted by Gasteiger charge is -2.18. The minimum Gasteiger partial charge on any atom is -0.496 e. The number of rotatable bonds is 5. The topological polar surface area (TPSA) is 77.1 Å². The van der Waals surface area contributed by atoms with Gasteiger partial charge in [0.2, 0.25) is 5.16 Å². The Kier molecular flexibility index (Phi) is 5.54. The molecule has 2 aromatic rings. The second-order valence-electron chi connectivity index (χ2n) is 5.69. The quantitative estimate of drug-likeness (QED) is 0.652. The molecule has 0 saturated carbocycles. The maximum Gasteiger partial charge on any atom is 0.316 e. The Balaban J connectivity index is 2.07. The lowest BCUT2D eigenvalue weighted by atomic mass is 10.2. The van der Waals surface area contributed by atoms with Gasteiger partial charge in [-0.3, -0.25) is 9.89 Å². The first kappa shape index (κ1) is 17.6. The van der Waals surface area contributed by atoms with E-state index < -0.39 is 5.60 Å². The number of aromatic nitrogens is 3. The number of hydrogen-bond donors (Lipinski definition) is 1. The van der Waals surface area contributed by atoms with Gasteiger partial charge < -0.3 is 9.47 Å². The molecule has 1 N–H and O–H groups in total. The maximum absolute atomic E-state index is 11.7. The molecule has 0 atom stereocenters. The van der Waals surface area contributed by atoms with E-state index in [0.29, 0.717) is 27.3 Å². The van der Waals surface area contributed by atoms with Crippen LogP contribution in [0, 0.1) is 0 Å². The second-order valence-corrected chi connectivity index (χ2v) is 7.07. The second kappa shape index (κ2) is 7.23. The molecule has 2 rings (SSSR count). The van der Waals surface area contributed by atoms with E-state index in [4.69, 9.17) is 21.1 Å². The van der Waals surface area contributed by atoms with Crippen LogP contribution in [0.1, 0.15) is 20.8 Å². The number of H-pyrrole nitrogens is 1. The minimum atomic E-state index is -0.504. The number of nitrogens with one attached hydrogen (secondary N) is 1. The molecule has 8 heteroatoms. The van der Waals surface area contributed by atoms with Gasteiger partial charge in [0.1, 0.15) is 11.4 Å². The Bertz CT molecular complexity index is 698. The van der Waals surface area contributed by atoms with Crippen LogP contribution in [0.2, 0.25) is 5.02 Å². The normalized spacial score (nSPS) is 11.3. The fraction of sp³-hybridized carbons (Fsp3) is 0.400. The molecule has 0 aliphatic rings. The SMILES string of the molecule is COc1ccc(Cl)cc1-c1nc(SCC(=O)OC(C)(C)C)n[nH]1. The standard InChI is InChI=1S/C15H18ClN3O3S/c1-15(2,3)22-12(20)8-23-14-17-13(18-19-14)10-7-9(16)5-6-11(10)21-4/h5-7H,8H2,1-4H3,(H,17,18,19). The molecule has 0 amide bonds. The molecular formula is C15H18ClN3O3S. The number of halogens is 1. The number of methoxy groups -OCH3 is 1. The van der Waals surface area contributed by atoms with Gasteiger partial charge in [0, 0.05) is 5.02 Å². The number of benzene rings is 1. The molecule has 1 heterocycles. The molecule has 0 radical (unpaired) electrons. The lowest BCUT2D eigenvalue weighted by Crippen LogP contribution is -2.24. The van der Waals surface area contributed by atoms with Gasteiger partial charge in [-0.15, -0.1) is 5.10 Å². The summed E-state index contributed by atoms with van der Waals surface area (Å²) < 4.78 is 10.5. The molecule has 1 aromatic heterocycles. The molecule has 0 unspecified atom stereocenters. The minimum absolute atomic E-state index is 0.140. The van der Waals surface area contributed by atoms with Crippen molar-refractivity contribution in [3.05, 3.63) is 23.2 Å². The van der Waals surface area contributed by atoms with Crippen molar-refractivity contribution in [1.29, 1.82) is 0 Å². The monoisotopic (exact) mass is 355 g/mol. The van der Waals surface area contributed by atoms with Crippen LogP contribution in [0.3, 0.4) is 0 Å². The van der Waals surface area contributed by atoms with E-state index in [1.807, 2.05) is 20.8 Å². The highest BCUT2D eigenvalue weighted by atomic mass is 35.5. The molecule has 0 fully saturated rings. The van der Waals surface area contributed by atoms with Gasteiger partial charge >= 0.3 is 5.97 Å². The first-order valence-corrected chi connectivity index (χ1v) is 8.26. The van der Waals surface area contributed by atoms with E-state index in [0.717, 1.165) is 0 Å². The van der Waals surface area contributed by atoms with Gasteiger partial charge in [0.25, 0.3) is 0 Å². The van der Waals surface area contributed by atoms with Crippen molar-refractivity contribution in [2.24, 2.45) is 0 Å². The average Bonchev–Trinajstić information content (AvgIpc) is 2.92. The first-order chi connectivity index (χ1) is 10.8. The fourth-order valence-corrected chi connectivity index (χ4v) is 2.54. The number of carbonyl (C=O) groups excluding carboxylic acids is 1. The Labute approximate surface area is 143 Å². The summed E-state index contributed by atoms with van der Waals surface area (Å²) in [5, 5.41) is 7.93. The summed E-state index contributed by atoms with van der Waals surface area (Å²) in [6, 6.07) is 5.23. The smallest absolute Gasteiger partial charge is 0.316 e. The van der Waals surface area contributed by atoms with Gasteiger partial charge in [-0.25, -0.2) is 4.98 Å². The Morgan fingerprint density at radius 1 is 1.39 bits per heavy atom. The molecule has 6 nitrogen and oxygen atoms in total. The van der Waals surface area contributed by atoms with Crippen molar-refractivity contribution in [2.75, 3.05) is 12.9 Å². The average molecular weight is 356 g/mol. The number of nitrogens with zero attached hydrogens (tertiary/aromatic N) is 2. The molecule has 0 aliphatic heterocycles. The molecular weight excluding hydrogens is 338 g/mol. The Hall–Kier alpha value is -1.73. The largest absolute Gasteiger partial charge is 0.496 e. The van der Waals surface area contributed by atoms with Crippen LogP contribution < -0.4 is 4.74 Å². The zero-order chi connectivity index (χ0) is 17.0. The zero-order valence-corrected chi connectivity index (χ0v) is 14.9. The third-order valence-electron chi connectivity index (χ3n) is 2.62. The summed E-state index contributed by atoms with van der Waals surface area (Å²) in [5.41, 5.74) is 0.201. The van der Waals surface area contributed by atoms with Crippen molar-refractivity contribution >= 4 is 29.3 Å². The summed E-state index contributed by atoms with van der Waals surface area (Å²) in [6.07, 6.45) is 0. The predicted octanol–water partition coefficient (Wildman–Crippen LogP) is 3.57. The van der Waals surface area contributed by atoms with Crippen LogP contribution in [0.5, 0.6) is 5.75 Å². The van der Waals surface area contributed by atoms with Gasteiger partial charge in [-0.05, 0) is 39.0 Å². The van der Waals surface area contributed by atoms with E-state index in [9.17, 15) is 4.79 Å². The van der Waals surface area contributed by atoms with Gasteiger partial charge in [0.15, 0.2) is 5.82 Å². The van der Waals surface area contributed by atoms with Crippen LogP contribution in [0.4, 0.5) is 0 Å². The number of carbonyl (C=O) groups is 1. The van der Waals surface area contributed by atoms with Crippen LogP contribution in [-0.2, 0) is 9.53 Å². The Morgan fingerprint density at radius 3 is 2.78 bits per heavy atom. The van der Waals surface area contributed by atoms with Gasteiger partial charge in [-0.1, -0.05) is 23.4 Å². The number of hydrogen-bond acceptors (Lipinski definition) is 6. The summed E-state index contributed by atoms with van der Waals surface area (Å²) in [7, 11) is 1.57. The zero-order valence-electron chi connectivity index (χ0n) is 13.3. The van der Waals surface area contributed by atoms with Crippen LogP contribution in [0.15, 0.2) is 23.4 Å². The summed E-state index contributed by atoms with van der Waals surface area (Å²) in [5.74, 6) is 0.987. The highest BCUT2D eigenvalue weighted by molar-refractivity contribution is 7.99. The van der Waals surface area contributed by atoms with Crippen molar-refractivity contribution in [1.82, 2.24) is 15.2 Å².